The molecule has 0 aliphatic carbocycles. The van der Waals surface area contributed by atoms with Gasteiger partial charge >= 0.3 is 0 Å². The molecule has 0 spiro atoms. The summed E-state index contributed by atoms with van der Waals surface area (Å²) in [5.74, 6) is 0.286. The first kappa shape index (κ1) is 20.7. The van der Waals surface area contributed by atoms with Crippen molar-refractivity contribution in [3.63, 3.8) is 0 Å². The molecular formula is C21H31FN4O2. The largest absolute Gasteiger partial charge is 0.344 e. The van der Waals surface area contributed by atoms with Crippen LogP contribution in [0.5, 0.6) is 0 Å². The smallest absolute Gasteiger partial charge is 0.245 e. The van der Waals surface area contributed by atoms with Crippen molar-refractivity contribution < 1.29 is 14.0 Å². The number of piperidine rings is 1. The highest BCUT2D eigenvalue weighted by Gasteiger charge is 2.38. The van der Waals surface area contributed by atoms with Gasteiger partial charge in [0.05, 0.1) is 0 Å². The lowest BCUT2D eigenvalue weighted by Crippen LogP contribution is -2.53. The maximum Gasteiger partial charge on any atom is 0.245 e. The monoisotopic (exact) mass is 390 g/mol. The predicted molar refractivity (Wildman–Crippen MR) is 106 cm³/mol. The first-order valence-electron chi connectivity index (χ1n) is 10.2. The second-order valence-corrected chi connectivity index (χ2v) is 8.30. The van der Waals surface area contributed by atoms with Gasteiger partial charge in [-0.05, 0) is 42.4 Å². The molecule has 3 rings (SSSR count). The highest BCUT2D eigenvalue weighted by atomic mass is 19.1. The van der Waals surface area contributed by atoms with Crippen molar-refractivity contribution in [2.24, 2.45) is 11.8 Å². The normalized spacial score (nSPS) is 24.4. The molecule has 28 heavy (non-hydrogen) atoms. The topological polar surface area (TPSA) is 73.5 Å². The summed E-state index contributed by atoms with van der Waals surface area (Å²) in [4.78, 5) is 26.2. The number of halogens is 1. The Labute approximate surface area is 166 Å². The molecule has 3 N–H and O–H groups in total. The molecule has 2 fully saturated rings. The number of nitrogens with zero attached hydrogens (tertiary/aromatic N) is 1. The molecule has 2 aliphatic rings. The lowest BCUT2D eigenvalue weighted by Gasteiger charge is -2.38. The molecule has 2 saturated heterocycles. The number of hydrazine groups is 1. The fraction of sp³-hybridized carbons (Fsp3) is 0.619. The molecule has 154 valence electrons. The Morgan fingerprint density at radius 2 is 1.96 bits per heavy atom. The number of hydrogen-bond donors (Lipinski definition) is 3. The summed E-state index contributed by atoms with van der Waals surface area (Å²) < 4.78 is 13.6. The zero-order valence-electron chi connectivity index (χ0n) is 16.9. The molecule has 6 nitrogen and oxygen atoms in total. The number of nitrogens with one attached hydrogen (secondary N) is 3. The summed E-state index contributed by atoms with van der Waals surface area (Å²) >= 11 is 0. The number of amides is 2. The van der Waals surface area contributed by atoms with Gasteiger partial charge in [0.15, 0.2) is 0 Å². The van der Waals surface area contributed by atoms with Gasteiger partial charge in [-0.2, -0.15) is 0 Å². The predicted octanol–water partition coefficient (Wildman–Crippen LogP) is 1.79. The summed E-state index contributed by atoms with van der Waals surface area (Å²) in [6.07, 6.45) is 1.78. The fourth-order valence-corrected chi connectivity index (χ4v) is 4.43. The van der Waals surface area contributed by atoms with E-state index < -0.39 is 6.04 Å². The Balaban J connectivity index is 1.61. The van der Waals surface area contributed by atoms with E-state index in [-0.39, 0.29) is 35.5 Å². The van der Waals surface area contributed by atoms with Gasteiger partial charge in [0, 0.05) is 38.5 Å². The molecule has 2 amide bonds. The second-order valence-electron chi connectivity index (χ2n) is 8.30. The van der Waals surface area contributed by atoms with Gasteiger partial charge in [0.1, 0.15) is 11.9 Å². The SMILES string of the molecule is CC(=O)NC(C(=O)N1CCC(C2NNCC2c2cccc(F)c2)CC1)C(C)C. The van der Waals surface area contributed by atoms with Crippen molar-refractivity contribution in [3.8, 4) is 0 Å². The van der Waals surface area contributed by atoms with Crippen LogP contribution in [0.25, 0.3) is 0 Å². The van der Waals surface area contributed by atoms with Gasteiger partial charge in [-0.25, -0.2) is 4.39 Å². The maximum atomic E-state index is 13.6. The van der Waals surface area contributed by atoms with Gasteiger partial charge < -0.3 is 10.2 Å². The van der Waals surface area contributed by atoms with Crippen LogP contribution in [-0.2, 0) is 9.59 Å². The summed E-state index contributed by atoms with van der Waals surface area (Å²) in [5.41, 5.74) is 7.60. The van der Waals surface area contributed by atoms with Crippen LogP contribution in [0.4, 0.5) is 4.39 Å². The number of likely N-dealkylation sites (tertiary alicyclic amines) is 1. The summed E-state index contributed by atoms with van der Waals surface area (Å²) in [5, 5.41) is 2.79. The van der Waals surface area contributed by atoms with E-state index in [1.807, 2.05) is 24.8 Å². The Kier molecular flexibility index (Phi) is 6.67. The molecule has 0 radical (unpaired) electrons. The fourth-order valence-electron chi connectivity index (χ4n) is 4.43. The maximum absolute atomic E-state index is 13.6. The minimum absolute atomic E-state index is 0.00263. The molecule has 0 bridgehead atoms. The Hall–Kier alpha value is -1.99. The van der Waals surface area contributed by atoms with Gasteiger partial charge in [0.25, 0.3) is 0 Å². The van der Waals surface area contributed by atoms with Crippen LogP contribution in [0.15, 0.2) is 24.3 Å². The lowest BCUT2D eigenvalue weighted by molar-refractivity contribution is -0.138. The highest BCUT2D eigenvalue weighted by Crippen LogP contribution is 2.32. The van der Waals surface area contributed by atoms with Gasteiger partial charge in [-0.15, -0.1) is 0 Å². The van der Waals surface area contributed by atoms with Crippen molar-refractivity contribution in [1.29, 1.82) is 0 Å². The third-order valence-electron chi connectivity index (χ3n) is 5.95. The van der Waals surface area contributed by atoms with Crippen LogP contribution < -0.4 is 16.2 Å². The highest BCUT2D eigenvalue weighted by molar-refractivity contribution is 5.87. The van der Waals surface area contributed by atoms with Crippen LogP contribution in [0.1, 0.15) is 45.1 Å². The number of benzene rings is 1. The molecule has 0 saturated carbocycles. The minimum atomic E-state index is -0.472. The minimum Gasteiger partial charge on any atom is -0.344 e. The third kappa shape index (κ3) is 4.70. The van der Waals surface area contributed by atoms with Crippen LogP contribution in [0.2, 0.25) is 0 Å². The molecule has 7 heteroatoms. The van der Waals surface area contributed by atoms with E-state index in [2.05, 4.69) is 16.2 Å². The van der Waals surface area contributed by atoms with Crippen LogP contribution in [0.3, 0.4) is 0 Å². The van der Waals surface area contributed by atoms with E-state index in [9.17, 15) is 14.0 Å². The van der Waals surface area contributed by atoms with E-state index in [0.717, 1.165) is 24.9 Å². The van der Waals surface area contributed by atoms with Crippen molar-refractivity contribution in [1.82, 2.24) is 21.1 Å². The van der Waals surface area contributed by atoms with E-state index in [1.165, 1.54) is 13.0 Å². The number of carbonyl (C=O) groups is 2. The zero-order valence-corrected chi connectivity index (χ0v) is 16.9. The second kappa shape index (κ2) is 9.01. The quantitative estimate of drug-likeness (QED) is 0.717. The van der Waals surface area contributed by atoms with Crippen molar-refractivity contribution in [2.45, 2.75) is 51.6 Å². The lowest BCUT2D eigenvalue weighted by atomic mass is 9.80. The summed E-state index contributed by atoms with van der Waals surface area (Å²) in [6.45, 7) is 7.47. The van der Waals surface area contributed by atoms with Gasteiger partial charge in [0.2, 0.25) is 11.8 Å². The third-order valence-corrected chi connectivity index (χ3v) is 5.95. The molecular weight excluding hydrogens is 359 g/mol. The number of rotatable bonds is 5. The average Bonchev–Trinajstić information content (AvgIpc) is 3.15. The Bertz CT molecular complexity index is 703. The first-order chi connectivity index (χ1) is 13.4. The van der Waals surface area contributed by atoms with Crippen molar-refractivity contribution in [2.75, 3.05) is 19.6 Å². The van der Waals surface area contributed by atoms with E-state index in [1.54, 1.807) is 12.1 Å². The number of carbonyl (C=O) groups excluding carboxylic acids is 2. The molecule has 3 unspecified atom stereocenters. The molecule has 1 aromatic carbocycles. The van der Waals surface area contributed by atoms with Crippen LogP contribution >= 0.6 is 0 Å². The Morgan fingerprint density at radius 3 is 2.57 bits per heavy atom. The Morgan fingerprint density at radius 1 is 1.25 bits per heavy atom. The van der Waals surface area contributed by atoms with Gasteiger partial charge in [-0.1, -0.05) is 26.0 Å². The van der Waals surface area contributed by atoms with E-state index >= 15 is 0 Å². The molecule has 1 aromatic rings. The molecule has 2 aliphatic heterocycles. The first-order valence-corrected chi connectivity index (χ1v) is 10.2. The molecule has 2 heterocycles. The van der Waals surface area contributed by atoms with Gasteiger partial charge in [-0.3, -0.25) is 20.4 Å². The van der Waals surface area contributed by atoms with E-state index in [0.29, 0.717) is 19.0 Å². The molecule has 3 atom stereocenters. The van der Waals surface area contributed by atoms with Crippen LogP contribution in [0, 0.1) is 17.7 Å². The standard InChI is InChI=1S/C21H31FN4O2/c1-13(2)19(24-14(3)27)21(28)26-9-7-15(8-10-26)20-18(12-23-25-20)16-5-4-6-17(22)11-16/h4-6,11,13,15,18-20,23,25H,7-10,12H2,1-3H3,(H,24,27). The van der Waals surface area contributed by atoms with Crippen molar-refractivity contribution >= 4 is 11.8 Å². The van der Waals surface area contributed by atoms with Crippen LogP contribution in [-0.4, -0.2) is 48.4 Å². The van der Waals surface area contributed by atoms with E-state index in [4.69, 9.17) is 0 Å². The van der Waals surface area contributed by atoms with Crippen molar-refractivity contribution in [3.05, 3.63) is 35.6 Å². The summed E-state index contributed by atoms with van der Waals surface area (Å²) in [7, 11) is 0. The number of hydrogen-bond acceptors (Lipinski definition) is 4. The average molecular weight is 391 g/mol. The summed E-state index contributed by atoms with van der Waals surface area (Å²) in [6, 6.07) is 6.57. The molecule has 0 aromatic heterocycles. The zero-order chi connectivity index (χ0) is 20.3.